The zero-order valence-electron chi connectivity index (χ0n) is 10.2. The van der Waals surface area contributed by atoms with E-state index in [0.717, 1.165) is 6.42 Å². The molecule has 0 aliphatic rings. The van der Waals surface area contributed by atoms with Crippen molar-refractivity contribution in [2.24, 2.45) is 0 Å². The number of aryl methyl sites for hydroxylation is 2. The molecule has 1 aromatic carbocycles. The van der Waals surface area contributed by atoms with Crippen LogP contribution in [0, 0.1) is 0 Å². The molecule has 0 aliphatic heterocycles. The van der Waals surface area contributed by atoms with Crippen LogP contribution >= 0.6 is 0 Å². The quantitative estimate of drug-likeness (QED) is 0.729. The number of anilines is 1. The highest BCUT2D eigenvalue weighted by atomic mass is 16.1. The number of fused-ring (bicyclic) bond motifs is 1. The number of aromatic amines is 1. The van der Waals surface area contributed by atoms with E-state index in [1.165, 1.54) is 5.56 Å². The zero-order chi connectivity index (χ0) is 13.2. The van der Waals surface area contributed by atoms with Gasteiger partial charge < -0.3 is 10.3 Å². The lowest BCUT2D eigenvalue weighted by Crippen LogP contribution is -2.14. The van der Waals surface area contributed by atoms with E-state index >= 15 is 0 Å². The topological polar surface area (TPSA) is 89.6 Å². The lowest BCUT2D eigenvalue weighted by atomic mass is 10.1. The van der Waals surface area contributed by atoms with Gasteiger partial charge in [-0.25, -0.2) is 4.98 Å². The minimum atomic E-state index is -0.256. The smallest absolute Gasteiger partial charge is 0.278 e. The van der Waals surface area contributed by atoms with Gasteiger partial charge >= 0.3 is 0 Å². The SMILES string of the molecule is Nc1nc2ncn(CCc3ccccc3)c2c(=O)[nH]1. The van der Waals surface area contributed by atoms with Crippen LogP contribution in [0.15, 0.2) is 41.5 Å². The van der Waals surface area contributed by atoms with Gasteiger partial charge in [0.15, 0.2) is 11.2 Å². The van der Waals surface area contributed by atoms with Crippen LogP contribution in [-0.2, 0) is 13.0 Å². The summed E-state index contributed by atoms with van der Waals surface area (Å²) in [5.41, 5.74) is 7.29. The van der Waals surface area contributed by atoms with Crippen molar-refractivity contribution in [3.8, 4) is 0 Å². The van der Waals surface area contributed by atoms with Crippen LogP contribution in [0.1, 0.15) is 5.56 Å². The van der Waals surface area contributed by atoms with Gasteiger partial charge in [0.1, 0.15) is 0 Å². The monoisotopic (exact) mass is 255 g/mol. The molecule has 2 heterocycles. The lowest BCUT2D eigenvalue weighted by molar-refractivity contribution is 0.713. The average Bonchev–Trinajstić information content (AvgIpc) is 2.81. The largest absolute Gasteiger partial charge is 0.369 e. The number of nitrogens with one attached hydrogen (secondary N) is 1. The van der Waals surface area contributed by atoms with Crippen LogP contribution < -0.4 is 11.3 Å². The molecule has 2 aromatic heterocycles. The van der Waals surface area contributed by atoms with Crippen molar-refractivity contribution in [2.45, 2.75) is 13.0 Å². The number of imidazole rings is 1. The summed E-state index contributed by atoms with van der Waals surface area (Å²) in [5.74, 6) is 0.0887. The fourth-order valence-electron chi connectivity index (χ4n) is 2.07. The molecule has 0 spiro atoms. The number of nitrogen functional groups attached to an aromatic ring is 1. The van der Waals surface area contributed by atoms with Gasteiger partial charge in [0.2, 0.25) is 5.95 Å². The highest BCUT2D eigenvalue weighted by Gasteiger charge is 2.09. The van der Waals surface area contributed by atoms with Gasteiger partial charge in [-0.1, -0.05) is 30.3 Å². The van der Waals surface area contributed by atoms with Crippen molar-refractivity contribution in [1.82, 2.24) is 19.5 Å². The third-order valence-corrected chi connectivity index (χ3v) is 2.99. The number of aromatic nitrogens is 4. The molecule has 0 unspecified atom stereocenters. The van der Waals surface area contributed by atoms with E-state index in [4.69, 9.17) is 5.73 Å². The molecule has 6 heteroatoms. The van der Waals surface area contributed by atoms with Gasteiger partial charge in [0, 0.05) is 6.54 Å². The van der Waals surface area contributed by atoms with Gasteiger partial charge in [-0.2, -0.15) is 4.98 Å². The molecular weight excluding hydrogens is 242 g/mol. The number of nitrogens with zero attached hydrogens (tertiary/aromatic N) is 3. The molecule has 0 atom stereocenters. The Hall–Kier alpha value is -2.63. The number of rotatable bonds is 3. The first-order valence-electron chi connectivity index (χ1n) is 5.98. The van der Waals surface area contributed by atoms with E-state index in [1.807, 2.05) is 18.2 Å². The molecule has 6 nitrogen and oxygen atoms in total. The predicted molar refractivity (Wildman–Crippen MR) is 72.7 cm³/mol. The number of H-pyrrole nitrogens is 1. The van der Waals surface area contributed by atoms with Gasteiger partial charge in [0.05, 0.1) is 6.33 Å². The molecule has 96 valence electrons. The maximum absolute atomic E-state index is 11.9. The molecule has 0 amide bonds. The van der Waals surface area contributed by atoms with E-state index < -0.39 is 0 Å². The number of hydrogen-bond acceptors (Lipinski definition) is 4. The third kappa shape index (κ3) is 2.20. The minimum Gasteiger partial charge on any atom is -0.369 e. The lowest BCUT2D eigenvalue weighted by Gasteiger charge is -2.03. The summed E-state index contributed by atoms with van der Waals surface area (Å²) in [6.07, 6.45) is 2.45. The fraction of sp³-hybridized carbons (Fsp3) is 0.154. The van der Waals surface area contributed by atoms with Gasteiger partial charge in [-0.05, 0) is 12.0 Å². The van der Waals surface area contributed by atoms with Gasteiger partial charge in [-0.15, -0.1) is 0 Å². The van der Waals surface area contributed by atoms with E-state index in [2.05, 4.69) is 27.1 Å². The van der Waals surface area contributed by atoms with E-state index in [-0.39, 0.29) is 11.5 Å². The Kier molecular flexibility index (Phi) is 2.75. The molecule has 3 N–H and O–H groups in total. The maximum atomic E-state index is 11.9. The third-order valence-electron chi connectivity index (χ3n) is 2.99. The fourth-order valence-corrected chi connectivity index (χ4v) is 2.07. The molecule has 3 aromatic rings. The Morgan fingerprint density at radius 1 is 1.26 bits per heavy atom. The maximum Gasteiger partial charge on any atom is 0.278 e. The highest BCUT2D eigenvalue weighted by Crippen LogP contribution is 2.08. The molecule has 0 fully saturated rings. The summed E-state index contributed by atoms with van der Waals surface area (Å²) in [4.78, 5) is 22.5. The van der Waals surface area contributed by atoms with E-state index in [0.29, 0.717) is 17.7 Å². The van der Waals surface area contributed by atoms with Crippen LogP contribution in [0.25, 0.3) is 11.2 Å². The molecular formula is C13H13N5O. The number of hydrogen-bond donors (Lipinski definition) is 2. The van der Waals surface area contributed by atoms with E-state index in [9.17, 15) is 4.79 Å². The van der Waals surface area contributed by atoms with Crippen molar-refractivity contribution >= 4 is 17.1 Å². The highest BCUT2D eigenvalue weighted by molar-refractivity contribution is 5.70. The second kappa shape index (κ2) is 4.56. The molecule has 0 aliphatic carbocycles. The Morgan fingerprint density at radius 3 is 2.84 bits per heavy atom. The van der Waals surface area contributed by atoms with Crippen molar-refractivity contribution in [3.63, 3.8) is 0 Å². The van der Waals surface area contributed by atoms with Crippen LogP contribution in [0.3, 0.4) is 0 Å². The van der Waals surface area contributed by atoms with Crippen molar-refractivity contribution in [2.75, 3.05) is 5.73 Å². The van der Waals surface area contributed by atoms with E-state index in [1.54, 1.807) is 10.9 Å². The Morgan fingerprint density at radius 2 is 2.05 bits per heavy atom. The number of nitrogens with two attached hydrogens (primary N) is 1. The van der Waals surface area contributed by atoms with Crippen LogP contribution in [0.4, 0.5) is 5.95 Å². The van der Waals surface area contributed by atoms with Crippen molar-refractivity contribution < 1.29 is 0 Å². The molecule has 0 radical (unpaired) electrons. The molecule has 0 saturated heterocycles. The number of benzene rings is 1. The summed E-state index contributed by atoms with van der Waals surface area (Å²) >= 11 is 0. The van der Waals surface area contributed by atoms with Crippen LogP contribution in [0.5, 0.6) is 0 Å². The molecule has 19 heavy (non-hydrogen) atoms. The first-order chi connectivity index (χ1) is 9.24. The van der Waals surface area contributed by atoms with Crippen LogP contribution in [0.2, 0.25) is 0 Å². The molecule has 3 rings (SSSR count). The van der Waals surface area contributed by atoms with Crippen molar-refractivity contribution in [1.29, 1.82) is 0 Å². The van der Waals surface area contributed by atoms with Crippen LogP contribution in [-0.4, -0.2) is 19.5 Å². The Balaban J connectivity index is 1.92. The summed E-state index contributed by atoms with van der Waals surface area (Å²) in [6, 6.07) is 10.1. The van der Waals surface area contributed by atoms with Crippen molar-refractivity contribution in [3.05, 3.63) is 52.6 Å². The normalized spacial score (nSPS) is 10.9. The summed E-state index contributed by atoms with van der Waals surface area (Å²) < 4.78 is 1.80. The summed E-state index contributed by atoms with van der Waals surface area (Å²) in [5, 5.41) is 0. The first-order valence-corrected chi connectivity index (χ1v) is 5.98. The predicted octanol–water partition coefficient (Wildman–Crippen LogP) is 0.944. The Labute approximate surface area is 108 Å². The zero-order valence-corrected chi connectivity index (χ0v) is 10.2. The van der Waals surface area contributed by atoms with Gasteiger partial charge in [-0.3, -0.25) is 9.78 Å². The standard InChI is InChI=1S/C13H13N5O/c14-13-16-11-10(12(19)17-13)18(8-15-11)7-6-9-4-2-1-3-5-9/h1-5,8H,6-7H2,(H3,14,16,17,19). The average molecular weight is 255 g/mol. The summed E-state index contributed by atoms with van der Waals surface area (Å²) in [7, 11) is 0. The molecule has 0 bridgehead atoms. The minimum absolute atomic E-state index is 0.0887. The first kappa shape index (κ1) is 11.5. The summed E-state index contributed by atoms with van der Waals surface area (Å²) in [6.45, 7) is 0.676. The second-order valence-corrected chi connectivity index (χ2v) is 4.30. The Bertz CT molecular complexity index is 760. The van der Waals surface area contributed by atoms with Gasteiger partial charge in [0.25, 0.3) is 5.56 Å². The molecule has 0 saturated carbocycles. The second-order valence-electron chi connectivity index (χ2n) is 4.30.